The zero-order valence-electron chi connectivity index (χ0n) is 9.22. The molecule has 0 aromatic heterocycles. The minimum Gasteiger partial charge on any atom is -0.347 e. The van der Waals surface area contributed by atoms with Crippen molar-refractivity contribution >= 4 is 21.8 Å². The van der Waals surface area contributed by atoms with Crippen LogP contribution in [0.2, 0.25) is 0 Å². The molecule has 3 aliphatic rings. The van der Waals surface area contributed by atoms with Crippen LogP contribution in [0, 0.1) is 12.8 Å². The number of rotatable bonds is 2. The van der Waals surface area contributed by atoms with E-state index in [0.29, 0.717) is 0 Å². The highest BCUT2D eigenvalue weighted by Gasteiger charge is 2.57. The van der Waals surface area contributed by atoms with E-state index in [9.17, 15) is 4.79 Å². The molecule has 0 unspecified atom stereocenters. The Morgan fingerprint density at radius 1 is 1.44 bits per heavy atom. The highest BCUT2D eigenvalue weighted by atomic mass is 79.9. The van der Waals surface area contributed by atoms with Gasteiger partial charge in [-0.2, -0.15) is 0 Å². The minimum atomic E-state index is 0.0775. The van der Waals surface area contributed by atoms with Gasteiger partial charge in [0.25, 0.3) is 5.91 Å². The number of carbonyl (C=O) groups is 1. The first-order valence-corrected chi connectivity index (χ1v) is 6.46. The Morgan fingerprint density at radius 2 is 2.12 bits per heavy atom. The normalized spacial score (nSPS) is 30.2. The molecule has 0 atom stereocenters. The number of benzene rings is 1. The Morgan fingerprint density at radius 3 is 2.62 bits per heavy atom. The van der Waals surface area contributed by atoms with Gasteiger partial charge in [0.2, 0.25) is 0 Å². The molecule has 1 N–H and O–H groups in total. The molecule has 3 fully saturated rings. The van der Waals surface area contributed by atoms with Crippen LogP contribution in [0.1, 0.15) is 35.2 Å². The van der Waals surface area contributed by atoms with E-state index in [1.165, 1.54) is 19.3 Å². The lowest BCUT2D eigenvalue weighted by Crippen LogP contribution is -2.68. The Kier molecular flexibility index (Phi) is 2.15. The van der Waals surface area contributed by atoms with Gasteiger partial charge in [-0.25, -0.2) is 0 Å². The van der Waals surface area contributed by atoms with Crippen LogP contribution < -0.4 is 5.32 Å². The zero-order valence-corrected chi connectivity index (χ0v) is 10.8. The van der Waals surface area contributed by atoms with Crippen molar-refractivity contribution in [3.05, 3.63) is 33.8 Å². The van der Waals surface area contributed by atoms with Crippen molar-refractivity contribution in [1.29, 1.82) is 0 Å². The molecule has 0 saturated heterocycles. The van der Waals surface area contributed by atoms with Crippen LogP contribution in [-0.2, 0) is 0 Å². The molecule has 16 heavy (non-hydrogen) atoms. The first-order valence-electron chi connectivity index (χ1n) is 5.67. The average Bonchev–Trinajstić information content (AvgIpc) is 2.13. The van der Waals surface area contributed by atoms with Gasteiger partial charge < -0.3 is 5.32 Å². The molecule has 1 amide bonds. The van der Waals surface area contributed by atoms with Crippen LogP contribution in [0.25, 0.3) is 0 Å². The summed E-state index contributed by atoms with van der Waals surface area (Å²) < 4.78 is 1.05. The van der Waals surface area contributed by atoms with Gasteiger partial charge in [-0.1, -0.05) is 15.9 Å². The molecule has 0 spiro atoms. The summed E-state index contributed by atoms with van der Waals surface area (Å²) in [5.41, 5.74) is 2.04. The standard InChI is InChI=1S/C13H14BrNO/c1-8-4-10(2-3-11(8)14)12(16)15-13-5-9(6-13)7-13/h2-4,9H,5-7H2,1H3,(H,15,16). The van der Waals surface area contributed by atoms with Crippen molar-refractivity contribution in [2.75, 3.05) is 0 Å². The van der Waals surface area contributed by atoms with Crippen molar-refractivity contribution in [2.45, 2.75) is 31.7 Å². The molecule has 84 valence electrons. The second kappa shape index (κ2) is 3.33. The van der Waals surface area contributed by atoms with Crippen LogP contribution in [0.4, 0.5) is 0 Å². The molecule has 2 nitrogen and oxygen atoms in total. The Hall–Kier alpha value is -0.830. The first kappa shape index (κ1) is 10.3. The smallest absolute Gasteiger partial charge is 0.251 e. The third-order valence-corrected chi connectivity index (χ3v) is 4.73. The SMILES string of the molecule is Cc1cc(C(=O)NC23CC(C2)C3)ccc1Br. The lowest BCUT2D eigenvalue weighted by Gasteiger charge is -2.61. The molecule has 4 rings (SSSR count). The maximum absolute atomic E-state index is 12.0. The van der Waals surface area contributed by atoms with Gasteiger partial charge in [0, 0.05) is 15.6 Å². The van der Waals surface area contributed by atoms with E-state index in [0.717, 1.165) is 21.5 Å². The monoisotopic (exact) mass is 279 g/mol. The first-order chi connectivity index (χ1) is 7.58. The van der Waals surface area contributed by atoms with E-state index >= 15 is 0 Å². The van der Waals surface area contributed by atoms with Crippen molar-refractivity contribution in [3.8, 4) is 0 Å². The van der Waals surface area contributed by atoms with Crippen LogP contribution in [0.15, 0.2) is 22.7 Å². The summed E-state index contributed by atoms with van der Waals surface area (Å²) in [4.78, 5) is 12.0. The fourth-order valence-electron chi connectivity index (χ4n) is 2.73. The molecule has 2 bridgehead atoms. The molecule has 1 aromatic rings. The Bertz CT molecular complexity index is 452. The Labute approximate surface area is 104 Å². The lowest BCUT2D eigenvalue weighted by molar-refractivity contribution is -0.0438. The molecule has 3 aliphatic carbocycles. The third kappa shape index (κ3) is 1.49. The molecule has 0 aliphatic heterocycles. The molecule has 0 radical (unpaired) electrons. The van der Waals surface area contributed by atoms with Gasteiger partial charge in [0.1, 0.15) is 0 Å². The van der Waals surface area contributed by atoms with E-state index in [4.69, 9.17) is 0 Å². The van der Waals surface area contributed by atoms with E-state index in [-0.39, 0.29) is 11.4 Å². The average molecular weight is 280 g/mol. The predicted octanol–water partition coefficient (Wildman–Crippen LogP) is 3.04. The predicted molar refractivity (Wildman–Crippen MR) is 66.4 cm³/mol. The fourth-order valence-corrected chi connectivity index (χ4v) is 2.98. The highest BCUT2D eigenvalue weighted by Crippen LogP contribution is 2.56. The summed E-state index contributed by atoms with van der Waals surface area (Å²) >= 11 is 3.44. The Balaban J connectivity index is 1.75. The molecule has 3 saturated carbocycles. The van der Waals surface area contributed by atoms with Gasteiger partial charge in [-0.3, -0.25) is 4.79 Å². The number of amides is 1. The van der Waals surface area contributed by atoms with Crippen LogP contribution >= 0.6 is 15.9 Å². The second-order valence-corrected chi connectivity index (χ2v) is 6.03. The van der Waals surface area contributed by atoms with Crippen LogP contribution in [0.3, 0.4) is 0 Å². The highest BCUT2D eigenvalue weighted by molar-refractivity contribution is 9.10. The van der Waals surface area contributed by atoms with Crippen LogP contribution in [-0.4, -0.2) is 11.4 Å². The second-order valence-electron chi connectivity index (χ2n) is 5.18. The number of halogens is 1. The van der Waals surface area contributed by atoms with Crippen molar-refractivity contribution < 1.29 is 4.79 Å². The van der Waals surface area contributed by atoms with Crippen molar-refractivity contribution in [3.63, 3.8) is 0 Å². The van der Waals surface area contributed by atoms with E-state index in [1.54, 1.807) is 0 Å². The molecular weight excluding hydrogens is 266 g/mol. The summed E-state index contributed by atoms with van der Waals surface area (Å²) in [6.45, 7) is 2.00. The zero-order chi connectivity index (χ0) is 11.3. The van der Waals surface area contributed by atoms with Gasteiger partial charge >= 0.3 is 0 Å². The van der Waals surface area contributed by atoms with Crippen molar-refractivity contribution in [1.82, 2.24) is 5.32 Å². The number of hydrogen-bond donors (Lipinski definition) is 1. The number of aryl methyl sites for hydroxylation is 1. The lowest BCUT2D eigenvalue weighted by atomic mass is 9.50. The van der Waals surface area contributed by atoms with Gasteiger partial charge in [-0.05, 0) is 55.9 Å². The number of carbonyl (C=O) groups excluding carboxylic acids is 1. The van der Waals surface area contributed by atoms with Gasteiger partial charge in [0.15, 0.2) is 0 Å². The van der Waals surface area contributed by atoms with E-state index in [1.807, 2.05) is 25.1 Å². The third-order valence-electron chi connectivity index (χ3n) is 3.84. The summed E-state index contributed by atoms with van der Waals surface area (Å²) in [5.74, 6) is 0.973. The summed E-state index contributed by atoms with van der Waals surface area (Å²) in [7, 11) is 0. The molecule has 0 heterocycles. The maximum atomic E-state index is 12.0. The largest absolute Gasteiger partial charge is 0.347 e. The summed E-state index contributed by atoms with van der Waals surface area (Å²) in [6.07, 6.45) is 3.57. The maximum Gasteiger partial charge on any atom is 0.251 e. The number of nitrogens with one attached hydrogen (secondary N) is 1. The summed E-state index contributed by atoms with van der Waals surface area (Å²) in [6, 6.07) is 5.75. The van der Waals surface area contributed by atoms with E-state index < -0.39 is 0 Å². The summed E-state index contributed by atoms with van der Waals surface area (Å²) in [5, 5.41) is 3.17. The van der Waals surface area contributed by atoms with Crippen LogP contribution in [0.5, 0.6) is 0 Å². The topological polar surface area (TPSA) is 29.1 Å². The fraction of sp³-hybridized carbons (Fsp3) is 0.462. The van der Waals surface area contributed by atoms with Gasteiger partial charge in [-0.15, -0.1) is 0 Å². The molecule has 1 aromatic carbocycles. The van der Waals surface area contributed by atoms with Crippen molar-refractivity contribution in [2.24, 2.45) is 5.92 Å². The molecular formula is C13H14BrNO. The minimum absolute atomic E-state index is 0.0775. The van der Waals surface area contributed by atoms with E-state index in [2.05, 4.69) is 21.2 Å². The quantitative estimate of drug-likeness (QED) is 0.886. The van der Waals surface area contributed by atoms with Gasteiger partial charge in [0.05, 0.1) is 0 Å². The number of hydrogen-bond acceptors (Lipinski definition) is 1. The molecule has 3 heteroatoms.